The second-order valence-corrected chi connectivity index (χ2v) is 11.8. The predicted octanol–water partition coefficient (Wildman–Crippen LogP) is 3.25. The molecule has 4 rings (SSSR count). The highest BCUT2D eigenvalue weighted by molar-refractivity contribution is 9.10. The zero-order valence-electron chi connectivity index (χ0n) is 20.2. The molecule has 15 heteroatoms. The fraction of sp³-hybridized carbons (Fsp3) is 0.455. The van der Waals surface area contributed by atoms with Crippen LogP contribution in [0.2, 0.25) is 0 Å². The molecule has 0 amide bonds. The molecule has 3 aromatic rings. The van der Waals surface area contributed by atoms with Crippen LogP contribution in [0.4, 0.5) is 10.3 Å². The van der Waals surface area contributed by atoms with Crippen LogP contribution in [-0.2, 0) is 18.6 Å². The summed E-state index contributed by atoms with van der Waals surface area (Å²) in [5.41, 5.74) is 6.06. The summed E-state index contributed by atoms with van der Waals surface area (Å²) < 4.78 is 50.3. The van der Waals surface area contributed by atoms with E-state index in [9.17, 15) is 14.5 Å². The lowest BCUT2D eigenvalue weighted by Gasteiger charge is -2.24. The van der Waals surface area contributed by atoms with Gasteiger partial charge in [0.15, 0.2) is 17.4 Å². The Morgan fingerprint density at radius 3 is 2.73 bits per heavy atom. The molecule has 200 valence electrons. The third-order valence-electron chi connectivity index (χ3n) is 5.85. The van der Waals surface area contributed by atoms with E-state index in [4.69, 9.17) is 24.3 Å². The Bertz CT molecular complexity index is 1330. The number of hydrogen-bond acceptors (Lipinski definition) is 11. The first-order chi connectivity index (χ1) is 17.4. The van der Waals surface area contributed by atoms with Crippen molar-refractivity contribution < 1.29 is 37.4 Å². The Kier molecular flexibility index (Phi) is 7.86. The lowest BCUT2D eigenvalue weighted by Crippen LogP contribution is -2.38. The van der Waals surface area contributed by atoms with Gasteiger partial charge in [-0.1, -0.05) is 25.1 Å². The van der Waals surface area contributed by atoms with Crippen molar-refractivity contribution in [1.29, 1.82) is 0 Å². The summed E-state index contributed by atoms with van der Waals surface area (Å²) >= 11 is 2.91. The van der Waals surface area contributed by atoms with E-state index < -0.39 is 43.1 Å². The average molecular weight is 602 g/mol. The molecule has 2 unspecified atom stereocenters. The summed E-state index contributed by atoms with van der Waals surface area (Å²) in [5.74, 6) is -0.626. The van der Waals surface area contributed by atoms with E-state index >= 15 is 4.39 Å². The Morgan fingerprint density at radius 2 is 2.08 bits per heavy atom. The number of ether oxygens (including phenoxy) is 2. The Balaban J connectivity index is 1.58. The van der Waals surface area contributed by atoms with Crippen LogP contribution in [0.25, 0.3) is 11.2 Å². The van der Waals surface area contributed by atoms with E-state index in [0.29, 0.717) is 0 Å². The van der Waals surface area contributed by atoms with Gasteiger partial charge in [0, 0.05) is 5.92 Å². The minimum Gasteiger partial charge on any atom is -0.479 e. The molecular formula is C22H26BrFN5O7P. The number of ketones is 1. The highest BCUT2D eigenvalue weighted by Gasteiger charge is 2.57. The number of nitrogens with zero attached hydrogens (tertiary/aromatic N) is 4. The number of carbonyl (C=O) groups is 1. The molecule has 1 saturated heterocycles. The van der Waals surface area contributed by atoms with Crippen molar-refractivity contribution >= 4 is 46.4 Å². The zero-order chi connectivity index (χ0) is 27.0. The SMILES string of the molecule is COc1nc(N)nc2c1ncn2[C@@H]1O[C@H](COP(=O)(C[C@@H](C)C(C)=O)Oc2ccccc2)C(O)[C@]1(F)Br. The van der Waals surface area contributed by atoms with E-state index in [0.717, 1.165) is 0 Å². The number of imidazole rings is 1. The van der Waals surface area contributed by atoms with Gasteiger partial charge in [0.2, 0.25) is 16.4 Å². The highest BCUT2D eigenvalue weighted by Crippen LogP contribution is 2.52. The normalized spacial score (nSPS) is 26.1. The molecule has 37 heavy (non-hydrogen) atoms. The number of alkyl halides is 2. The number of anilines is 1. The number of methoxy groups -OCH3 is 1. The molecule has 3 heterocycles. The van der Waals surface area contributed by atoms with Crippen molar-refractivity contribution in [3.8, 4) is 11.6 Å². The van der Waals surface area contributed by atoms with Gasteiger partial charge in [0.05, 0.1) is 26.2 Å². The summed E-state index contributed by atoms with van der Waals surface area (Å²) in [5, 5.41) is 10.7. The molecule has 0 aliphatic carbocycles. The largest absolute Gasteiger partial charge is 0.479 e. The molecule has 2 aromatic heterocycles. The molecule has 0 bridgehead atoms. The van der Waals surface area contributed by atoms with Crippen molar-refractivity contribution in [2.45, 2.75) is 36.9 Å². The molecule has 12 nitrogen and oxygen atoms in total. The number of aliphatic hydroxyl groups excluding tert-OH is 1. The lowest BCUT2D eigenvalue weighted by atomic mass is 10.1. The molecule has 6 atom stereocenters. The smallest absolute Gasteiger partial charge is 0.379 e. The minimum absolute atomic E-state index is 0.0808. The van der Waals surface area contributed by atoms with Crippen LogP contribution < -0.4 is 15.0 Å². The number of aliphatic hydroxyl groups is 1. The fourth-order valence-corrected chi connectivity index (χ4v) is 6.34. The number of nitrogen functional groups attached to an aromatic ring is 1. The summed E-state index contributed by atoms with van der Waals surface area (Å²) in [6.45, 7) is 2.46. The molecule has 1 aliphatic rings. The van der Waals surface area contributed by atoms with Gasteiger partial charge in [-0.3, -0.25) is 13.9 Å². The summed E-state index contributed by atoms with van der Waals surface area (Å²) in [6, 6.07) is 8.30. The Hall–Kier alpha value is -2.64. The molecule has 1 aromatic carbocycles. The maximum Gasteiger partial charge on any atom is 0.379 e. The van der Waals surface area contributed by atoms with Crippen LogP contribution >= 0.6 is 23.5 Å². The number of carbonyl (C=O) groups excluding carboxylic acids is 1. The number of Topliss-reactive ketones (excluding diaryl/α,β-unsaturated/α-hetero) is 1. The van der Waals surface area contributed by atoms with E-state index in [-0.39, 0.29) is 40.7 Å². The number of fused-ring (bicyclic) bond motifs is 1. The maximum atomic E-state index is 15.8. The Morgan fingerprint density at radius 1 is 1.38 bits per heavy atom. The van der Waals surface area contributed by atoms with Crippen LogP contribution in [0.5, 0.6) is 11.6 Å². The number of hydrogen-bond donors (Lipinski definition) is 2. The van der Waals surface area contributed by atoms with E-state index in [1.807, 2.05) is 0 Å². The van der Waals surface area contributed by atoms with Crippen molar-refractivity contribution in [2.24, 2.45) is 5.92 Å². The highest BCUT2D eigenvalue weighted by atomic mass is 79.9. The van der Waals surface area contributed by atoms with Gasteiger partial charge < -0.3 is 24.8 Å². The van der Waals surface area contributed by atoms with E-state index in [2.05, 4.69) is 30.9 Å². The quantitative estimate of drug-likeness (QED) is 0.259. The first kappa shape index (κ1) is 27.4. The second kappa shape index (κ2) is 10.6. The molecular weight excluding hydrogens is 576 g/mol. The number of benzene rings is 1. The second-order valence-electron chi connectivity index (χ2n) is 8.57. The van der Waals surface area contributed by atoms with Gasteiger partial charge in [0.1, 0.15) is 23.7 Å². The molecule has 1 fully saturated rings. The van der Waals surface area contributed by atoms with Crippen LogP contribution in [0.1, 0.15) is 20.1 Å². The lowest BCUT2D eigenvalue weighted by molar-refractivity contribution is -0.119. The van der Waals surface area contributed by atoms with Gasteiger partial charge >= 0.3 is 7.60 Å². The van der Waals surface area contributed by atoms with Crippen molar-refractivity contribution in [2.75, 3.05) is 25.6 Å². The van der Waals surface area contributed by atoms with Gasteiger partial charge in [-0.05, 0) is 35.0 Å². The topological polar surface area (TPSA) is 161 Å². The molecule has 3 N–H and O–H groups in total. The van der Waals surface area contributed by atoms with Gasteiger partial charge in [-0.25, -0.2) is 13.9 Å². The van der Waals surface area contributed by atoms with Crippen molar-refractivity contribution in [3.63, 3.8) is 0 Å². The predicted molar refractivity (Wildman–Crippen MR) is 134 cm³/mol. The minimum atomic E-state index is -3.93. The van der Waals surface area contributed by atoms with Gasteiger partial charge in [0.25, 0.3) is 0 Å². The third-order valence-corrected chi connectivity index (χ3v) is 8.73. The monoisotopic (exact) mass is 601 g/mol. The Labute approximate surface area is 220 Å². The zero-order valence-corrected chi connectivity index (χ0v) is 22.6. The van der Waals surface area contributed by atoms with Crippen LogP contribution in [0, 0.1) is 5.92 Å². The fourth-order valence-electron chi connectivity index (χ4n) is 3.74. The molecule has 0 radical (unpaired) electrons. The van der Waals surface area contributed by atoms with E-state index in [1.165, 1.54) is 24.9 Å². The molecule has 1 aliphatic heterocycles. The third kappa shape index (κ3) is 5.63. The average Bonchev–Trinajstić information content (AvgIpc) is 3.35. The van der Waals surface area contributed by atoms with Crippen molar-refractivity contribution in [1.82, 2.24) is 19.5 Å². The van der Waals surface area contributed by atoms with Crippen molar-refractivity contribution in [3.05, 3.63) is 36.7 Å². The number of para-hydroxylation sites is 1. The van der Waals surface area contributed by atoms with Crippen LogP contribution in [0.3, 0.4) is 0 Å². The summed E-state index contributed by atoms with van der Waals surface area (Å²) in [4.78, 5) is 24.0. The van der Waals surface area contributed by atoms with Crippen LogP contribution in [0.15, 0.2) is 36.7 Å². The van der Waals surface area contributed by atoms with Gasteiger partial charge in [-0.2, -0.15) is 9.97 Å². The summed E-state index contributed by atoms with van der Waals surface area (Å²) in [7, 11) is -2.56. The molecule has 0 saturated carbocycles. The van der Waals surface area contributed by atoms with E-state index in [1.54, 1.807) is 37.3 Å². The van der Waals surface area contributed by atoms with Crippen LogP contribution in [-0.4, -0.2) is 67.1 Å². The standard InChI is InChI=1S/C22H26BrFN5O7P/c1-12(13(2)30)10-37(32,36-14-7-5-4-6-8-14)34-9-15-17(31)22(23,24)20(35-15)29-11-26-16-18(29)27-21(25)28-19(16)33-3/h4-8,11-12,15,17,20,31H,9-10H2,1-3H3,(H2,25,27,28)/t12-,15-,17?,20-,22-,37?/m1/s1. The first-order valence-corrected chi connectivity index (χ1v) is 13.7. The van der Waals surface area contributed by atoms with Gasteiger partial charge in [-0.15, -0.1) is 0 Å². The summed E-state index contributed by atoms with van der Waals surface area (Å²) in [6.07, 6.45) is -3.48. The maximum absolute atomic E-state index is 15.8. The number of aromatic nitrogens is 4. The number of rotatable bonds is 10. The first-order valence-electron chi connectivity index (χ1n) is 11.2. The number of nitrogens with two attached hydrogens (primary N) is 1. The number of halogens is 2. The molecule has 0 spiro atoms.